The zero-order chi connectivity index (χ0) is 9.68. The lowest BCUT2D eigenvalue weighted by molar-refractivity contribution is 0.136. The van der Waals surface area contributed by atoms with Gasteiger partial charge in [-0.25, -0.2) is 0 Å². The van der Waals surface area contributed by atoms with E-state index in [-0.39, 0.29) is 0 Å². The Hall–Kier alpha value is -0.0800. The maximum atomic E-state index is 3.51. The number of hydrogen-bond donors (Lipinski definition) is 1. The summed E-state index contributed by atoms with van der Waals surface area (Å²) < 4.78 is 0. The summed E-state index contributed by atoms with van der Waals surface area (Å²) in [5, 5.41) is 3.51. The highest BCUT2D eigenvalue weighted by molar-refractivity contribution is 4.83. The maximum absolute atomic E-state index is 3.51. The third-order valence-corrected chi connectivity index (χ3v) is 3.21. The summed E-state index contributed by atoms with van der Waals surface area (Å²) in [5.74, 6) is 0. The van der Waals surface area contributed by atoms with E-state index in [1.165, 1.54) is 32.4 Å². The number of unbranched alkanes of at least 4 members (excludes halogenated alkanes) is 2. The quantitative estimate of drug-likeness (QED) is 0.671. The largest absolute Gasteiger partial charge is 0.311 e. The van der Waals surface area contributed by atoms with Crippen LogP contribution in [0.2, 0.25) is 0 Å². The molecule has 0 bridgehead atoms. The van der Waals surface area contributed by atoms with E-state index in [1.807, 2.05) is 0 Å². The Morgan fingerprint density at radius 1 is 1.31 bits per heavy atom. The molecule has 1 saturated heterocycles. The van der Waals surface area contributed by atoms with Crippen LogP contribution in [-0.2, 0) is 0 Å². The number of piperazine rings is 1. The van der Waals surface area contributed by atoms with Crippen molar-refractivity contribution in [2.75, 3.05) is 19.6 Å². The summed E-state index contributed by atoms with van der Waals surface area (Å²) in [6.45, 7) is 10.6. The Kier molecular flexibility index (Phi) is 4.74. The normalized spacial score (nSPS) is 30.7. The molecule has 0 spiro atoms. The molecule has 2 heteroatoms. The third kappa shape index (κ3) is 3.28. The van der Waals surface area contributed by atoms with Gasteiger partial charge in [0.15, 0.2) is 0 Å². The van der Waals surface area contributed by atoms with E-state index in [2.05, 4.69) is 31.0 Å². The summed E-state index contributed by atoms with van der Waals surface area (Å²) in [6.07, 6.45) is 4.08. The van der Waals surface area contributed by atoms with Crippen molar-refractivity contribution in [1.29, 1.82) is 0 Å². The van der Waals surface area contributed by atoms with Gasteiger partial charge in [0.1, 0.15) is 0 Å². The van der Waals surface area contributed by atoms with E-state index in [0.29, 0.717) is 12.1 Å². The molecule has 0 aliphatic carbocycles. The summed E-state index contributed by atoms with van der Waals surface area (Å²) in [4.78, 5) is 2.62. The molecule has 0 aromatic carbocycles. The Balaban J connectivity index is 2.23. The van der Waals surface area contributed by atoms with Crippen LogP contribution >= 0.6 is 0 Å². The van der Waals surface area contributed by atoms with Crippen molar-refractivity contribution < 1.29 is 0 Å². The standard InChI is InChI=1S/C11H24N2/c1-4-5-6-8-13-9-7-12-10(2)11(13)3/h10-12H,4-9H2,1-3H3. The summed E-state index contributed by atoms with van der Waals surface area (Å²) >= 11 is 0. The lowest BCUT2D eigenvalue weighted by Crippen LogP contribution is -2.55. The number of nitrogens with one attached hydrogen (secondary N) is 1. The van der Waals surface area contributed by atoms with Gasteiger partial charge in [-0.2, -0.15) is 0 Å². The SMILES string of the molecule is CCCCCN1CCNC(C)C1C. The Morgan fingerprint density at radius 3 is 2.77 bits per heavy atom. The van der Waals surface area contributed by atoms with Crippen LogP contribution in [0.1, 0.15) is 40.0 Å². The minimum atomic E-state index is 0.662. The maximum Gasteiger partial charge on any atom is 0.0218 e. The van der Waals surface area contributed by atoms with Crippen LogP contribution in [0.3, 0.4) is 0 Å². The molecule has 1 aliphatic rings. The van der Waals surface area contributed by atoms with Crippen LogP contribution in [0.4, 0.5) is 0 Å². The molecule has 1 fully saturated rings. The van der Waals surface area contributed by atoms with Gasteiger partial charge < -0.3 is 5.32 Å². The van der Waals surface area contributed by atoms with Crippen molar-refractivity contribution >= 4 is 0 Å². The highest BCUT2D eigenvalue weighted by Gasteiger charge is 2.22. The minimum absolute atomic E-state index is 0.662. The van der Waals surface area contributed by atoms with E-state index in [4.69, 9.17) is 0 Å². The molecule has 0 aromatic heterocycles. The Morgan fingerprint density at radius 2 is 2.08 bits per heavy atom. The predicted molar refractivity (Wildman–Crippen MR) is 58.0 cm³/mol. The van der Waals surface area contributed by atoms with E-state index < -0.39 is 0 Å². The molecule has 0 radical (unpaired) electrons. The van der Waals surface area contributed by atoms with E-state index in [1.54, 1.807) is 0 Å². The van der Waals surface area contributed by atoms with Gasteiger partial charge in [0.25, 0.3) is 0 Å². The first kappa shape index (κ1) is 11.0. The first-order chi connectivity index (χ1) is 6.25. The van der Waals surface area contributed by atoms with Crippen molar-refractivity contribution in [3.8, 4) is 0 Å². The second-order valence-electron chi connectivity index (χ2n) is 4.23. The average Bonchev–Trinajstić information content (AvgIpc) is 2.13. The zero-order valence-electron chi connectivity index (χ0n) is 9.34. The number of nitrogens with zero attached hydrogens (tertiary/aromatic N) is 1. The van der Waals surface area contributed by atoms with Gasteiger partial charge in [0.05, 0.1) is 0 Å². The first-order valence-corrected chi connectivity index (χ1v) is 5.73. The average molecular weight is 184 g/mol. The van der Waals surface area contributed by atoms with Gasteiger partial charge in [-0.05, 0) is 26.8 Å². The van der Waals surface area contributed by atoms with Crippen molar-refractivity contribution in [3.63, 3.8) is 0 Å². The Bertz CT molecular complexity index is 136. The highest BCUT2D eigenvalue weighted by atomic mass is 15.2. The lowest BCUT2D eigenvalue weighted by Gasteiger charge is -2.38. The molecule has 2 atom stereocenters. The van der Waals surface area contributed by atoms with Crippen LogP contribution in [0.15, 0.2) is 0 Å². The molecule has 1 heterocycles. The molecule has 0 saturated carbocycles. The van der Waals surface area contributed by atoms with Crippen LogP contribution in [0.25, 0.3) is 0 Å². The van der Waals surface area contributed by atoms with Crippen molar-refractivity contribution in [2.45, 2.75) is 52.1 Å². The first-order valence-electron chi connectivity index (χ1n) is 5.73. The fourth-order valence-electron chi connectivity index (χ4n) is 2.01. The number of rotatable bonds is 4. The van der Waals surface area contributed by atoms with E-state index >= 15 is 0 Å². The second kappa shape index (κ2) is 5.61. The van der Waals surface area contributed by atoms with Crippen molar-refractivity contribution in [1.82, 2.24) is 10.2 Å². The topological polar surface area (TPSA) is 15.3 Å². The van der Waals surface area contributed by atoms with Gasteiger partial charge in [0.2, 0.25) is 0 Å². The minimum Gasteiger partial charge on any atom is -0.311 e. The molecular weight excluding hydrogens is 160 g/mol. The third-order valence-electron chi connectivity index (χ3n) is 3.21. The molecule has 2 nitrogen and oxygen atoms in total. The molecule has 1 rings (SSSR count). The smallest absolute Gasteiger partial charge is 0.0218 e. The summed E-state index contributed by atoms with van der Waals surface area (Å²) in [6, 6.07) is 1.38. The Labute approximate surface area is 82.7 Å². The van der Waals surface area contributed by atoms with Gasteiger partial charge in [0, 0.05) is 25.2 Å². The van der Waals surface area contributed by atoms with Crippen LogP contribution in [0.5, 0.6) is 0 Å². The lowest BCUT2D eigenvalue weighted by atomic mass is 10.1. The highest BCUT2D eigenvalue weighted by Crippen LogP contribution is 2.10. The van der Waals surface area contributed by atoms with Gasteiger partial charge in [-0.15, -0.1) is 0 Å². The fraction of sp³-hybridized carbons (Fsp3) is 1.00. The van der Waals surface area contributed by atoms with Gasteiger partial charge >= 0.3 is 0 Å². The molecule has 0 amide bonds. The van der Waals surface area contributed by atoms with Crippen molar-refractivity contribution in [2.24, 2.45) is 0 Å². The zero-order valence-corrected chi connectivity index (χ0v) is 9.34. The fourth-order valence-corrected chi connectivity index (χ4v) is 2.01. The van der Waals surface area contributed by atoms with E-state index in [0.717, 1.165) is 6.54 Å². The monoisotopic (exact) mass is 184 g/mol. The second-order valence-corrected chi connectivity index (χ2v) is 4.23. The van der Waals surface area contributed by atoms with Gasteiger partial charge in [-0.3, -0.25) is 4.90 Å². The van der Waals surface area contributed by atoms with Crippen LogP contribution < -0.4 is 5.32 Å². The molecule has 2 unspecified atom stereocenters. The molecule has 13 heavy (non-hydrogen) atoms. The summed E-state index contributed by atoms with van der Waals surface area (Å²) in [5.41, 5.74) is 0. The van der Waals surface area contributed by atoms with Crippen LogP contribution in [-0.4, -0.2) is 36.6 Å². The van der Waals surface area contributed by atoms with E-state index in [9.17, 15) is 0 Å². The number of hydrogen-bond acceptors (Lipinski definition) is 2. The predicted octanol–water partition coefficient (Wildman–Crippen LogP) is 1.86. The molecule has 0 aromatic rings. The van der Waals surface area contributed by atoms with Crippen molar-refractivity contribution in [3.05, 3.63) is 0 Å². The van der Waals surface area contributed by atoms with Crippen LogP contribution in [0, 0.1) is 0 Å². The summed E-state index contributed by atoms with van der Waals surface area (Å²) in [7, 11) is 0. The molecule has 1 aliphatic heterocycles. The molecular formula is C11H24N2. The molecule has 78 valence electrons. The van der Waals surface area contributed by atoms with Gasteiger partial charge in [-0.1, -0.05) is 19.8 Å². The molecule has 1 N–H and O–H groups in total.